The molecule has 0 radical (unpaired) electrons. The van der Waals surface area contributed by atoms with Gasteiger partial charge in [-0.25, -0.2) is 0 Å². The summed E-state index contributed by atoms with van der Waals surface area (Å²) < 4.78 is 0. The molecule has 24 heavy (non-hydrogen) atoms. The SMILES string of the molecule is CN1CCN(c2ccnc(C(=O)Nc3ccc(Cl)cc3Cl)c2)CC1. The fraction of sp³-hybridized carbons (Fsp3) is 0.294. The van der Waals surface area contributed by atoms with Gasteiger partial charge in [0, 0.05) is 43.1 Å². The summed E-state index contributed by atoms with van der Waals surface area (Å²) in [4.78, 5) is 21.2. The third-order valence-corrected chi connectivity index (χ3v) is 4.57. The molecular formula is C17H18Cl2N4O. The van der Waals surface area contributed by atoms with E-state index >= 15 is 0 Å². The van der Waals surface area contributed by atoms with E-state index in [4.69, 9.17) is 23.2 Å². The number of likely N-dealkylation sites (N-methyl/N-ethyl adjacent to an activating group) is 1. The van der Waals surface area contributed by atoms with Crippen LogP contribution in [0, 0.1) is 0 Å². The fourth-order valence-corrected chi connectivity index (χ4v) is 3.04. The minimum Gasteiger partial charge on any atom is -0.369 e. The van der Waals surface area contributed by atoms with Crippen LogP contribution in [0.2, 0.25) is 10.0 Å². The van der Waals surface area contributed by atoms with Crippen molar-refractivity contribution in [3.05, 3.63) is 52.3 Å². The molecule has 0 bridgehead atoms. The molecular weight excluding hydrogens is 347 g/mol. The van der Waals surface area contributed by atoms with Crippen LogP contribution in [-0.4, -0.2) is 49.0 Å². The first-order valence-corrected chi connectivity index (χ1v) is 8.44. The monoisotopic (exact) mass is 364 g/mol. The number of rotatable bonds is 3. The maximum Gasteiger partial charge on any atom is 0.274 e. The Kier molecular flexibility index (Phi) is 5.23. The van der Waals surface area contributed by atoms with E-state index in [1.54, 1.807) is 24.4 Å². The molecule has 1 aliphatic rings. The molecule has 1 saturated heterocycles. The number of hydrogen-bond acceptors (Lipinski definition) is 4. The summed E-state index contributed by atoms with van der Waals surface area (Å²) >= 11 is 12.0. The summed E-state index contributed by atoms with van der Waals surface area (Å²) in [7, 11) is 2.11. The Morgan fingerprint density at radius 2 is 1.88 bits per heavy atom. The van der Waals surface area contributed by atoms with Crippen molar-refractivity contribution in [3.63, 3.8) is 0 Å². The largest absolute Gasteiger partial charge is 0.369 e. The van der Waals surface area contributed by atoms with Crippen LogP contribution in [0.4, 0.5) is 11.4 Å². The van der Waals surface area contributed by atoms with Gasteiger partial charge in [0.1, 0.15) is 5.69 Å². The molecule has 2 aromatic rings. The number of pyridine rings is 1. The molecule has 1 fully saturated rings. The van der Waals surface area contributed by atoms with Gasteiger partial charge in [-0.15, -0.1) is 0 Å². The number of piperazine rings is 1. The Bertz CT molecular complexity index is 745. The second-order valence-corrected chi connectivity index (χ2v) is 6.61. The van der Waals surface area contributed by atoms with Gasteiger partial charge >= 0.3 is 0 Å². The highest BCUT2D eigenvalue weighted by Gasteiger charge is 2.16. The molecule has 0 saturated carbocycles. The van der Waals surface area contributed by atoms with E-state index in [1.165, 1.54) is 0 Å². The van der Waals surface area contributed by atoms with Gasteiger partial charge in [0.2, 0.25) is 0 Å². The normalized spacial score (nSPS) is 15.4. The summed E-state index contributed by atoms with van der Waals surface area (Å²) in [5.41, 5.74) is 1.88. The van der Waals surface area contributed by atoms with Gasteiger partial charge in [0.25, 0.3) is 5.91 Å². The van der Waals surface area contributed by atoms with E-state index < -0.39 is 0 Å². The van der Waals surface area contributed by atoms with E-state index in [2.05, 4.69) is 27.1 Å². The van der Waals surface area contributed by atoms with Crippen molar-refractivity contribution in [2.75, 3.05) is 43.4 Å². The molecule has 2 heterocycles. The standard InChI is InChI=1S/C17H18Cl2N4O/c1-22-6-8-23(9-7-22)13-4-5-20-16(11-13)17(24)21-15-3-2-12(18)10-14(15)19/h2-5,10-11H,6-9H2,1H3,(H,21,24). The minimum absolute atomic E-state index is 0.296. The zero-order chi connectivity index (χ0) is 17.1. The lowest BCUT2D eigenvalue weighted by atomic mass is 10.2. The molecule has 0 unspecified atom stereocenters. The number of benzene rings is 1. The third kappa shape index (κ3) is 3.98. The molecule has 1 N–H and O–H groups in total. The topological polar surface area (TPSA) is 48.5 Å². The Balaban J connectivity index is 1.74. The number of nitrogens with zero attached hydrogens (tertiary/aromatic N) is 3. The van der Waals surface area contributed by atoms with E-state index in [0.29, 0.717) is 21.4 Å². The Hall–Kier alpha value is -1.82. The van der Waals surface area contributed by atoms with Gasteiger partial charge in [-0.3, -0.25) is 9.78 Å². The molecule has 0 spiro atoms. The van der Waals surface area contributed by atoms with Crippen LogP contribution in [-0.2, 0) is 0 Å². The molecule has 1 aromatic heterocycles. The van der Waals surface area contributed by atoms with Crippen molar-refractivity contribution in [1.29, 1.82) is 0 Å². The molecule has 5 nitrogen and oxygen atoms in total. The number of anilines is 2. The number of amides is 1. The zero-order valence-electron chi connectivity index (χ0n) is 13.3. The second-order valence-electron chi connectivity index (χ2n) is 5.77. The van der Waals surface area contributed by atoms with Crippen molar-refractivity contribution < 1.29 is 4.79 Å². The van der Waals surface area contributed by atoms with E-state index in [-0.39, 0.29) is 5.91 Å². The van der Waals surface area contributed by atoms with Crippen LogP contribution in [0.15, 0.2) is 36.5 Å². The highest BCUT2D eigenvalue weighted by molar-refractivity contribution is 6.36. The Labute approximate surface area is 151 Å². The molecule has 0 aliphatic carbocycles. The first kappa shape index (κ1) is 17.0. The summed E-state index contributed by atoms with van der Waals surface area (Å²) in [5.74, 6) is -0.296. The number of hydrogen-bond donors (Lipinski definition) is 1. The van der Waals surface area contributed by atoms with Gasteiger partial charge in [0.05, 0.1) is 10.7 Å². The maximum atomic E-state index is 12.4. The molecule has 1 aromatic carbocycles. The van der Waals surface area contributed by atoms with Crippen LogP contribution in [0.5, 0.6) is 0 Å². The summed E-state index contributed by atoms with van der Waals surface area (Å²) in [5, 5.41) is 3.69. The van der Waals surface area contributed by atoms with E-state index in [9.17, 15) is 4.79 Å². The van der Waals surface area contributed by atoms with Gasteiger partial charge in [-0.2, -0.15) is 0 Å². The summed E-state index contributed by atoms with van der Waals surface area (Å²) in [6, 6.07) is 8.68. The minimum atomic E-state index is -0.296. The molecule has 3 rings (SSSR count). The Morgan fingerprint density at radius 3 is 2.58 bits per heavy atom. The van der Waals surface area contributed by atoms with Crippen molar-refractivity contribution in [1.82, 2.24) is 9.88 Å². The quantitative estimate of drug-likeness (QED) is 0.906. The predicted octanol–water partition coefficient (Wildman–Crippen LogP) is 3.39. The molecule has 1 aliphatic heterocycles. The number of aromatic nitrogens is 1. The fourth-order valence-electron chi connectivity index (χ4n) is 2.58. The number of carbonyl (C=O) groups is 1. The molecule has 126 valence electrons. The molecule has 1 amide bonds. The van der Waals surface area contributed by atoms with Crippen molar-refractivity contribution in [2.45, 2.75) is 0 Å². The average molecular weight is 365 g/mol. The van der Waals surface area contributed by atoms with Crippen molar-refractivity contribution in [2.24, 2.45) is 0 Å². The predicted molar refractivity (Wildman–Crippen MR) is 98.4 cm³/mol. The van der Waals surface area contributed by atoms with E-state index in [0.717, 1.165) is 31.9 Å². The maximum absolute atomic E-state index is 12.4. The first-order valence-electron chi connectivity index (χ1n) is 7.69. The van der Waals surface area contributed by atoms with Crippen LogP contribution in [0.1, 0.15) is 10.5 Å². The molecule has 7 heteroatoms. The van der Waals surface area contributed by atoms with Gasteiger partial charge < -0.3 is 15.1 Å². The van der Waals surface area contributed by atoms with Gasteiger partial charge in [-0.1, -0.05) is 23.2 Å². The smallest absolute Gasteiger partial charge is 0.274 e. The number of carbonyl (C=O) groups excluding carboxylic acids is 1. The lowest BCUT2D eigenvalue weighted by Crippen LogP contribution is -2.44. The van der Waals surface area contributed by atoms with E-state index in [1.807, 2.05) is 12.1 Å². The average Bonchev–Trinajstić information content (AvgIpc) is 2.58. The third-order valence-electron chi connectivity index (χ3n) is 4.02. The van der Waals surface area contributed by atoms with Gasteiger partial charge in [0.15, 0.2) is 0 Å². The van der Waals surface area contributed by atoms with Crippen LogP contribution in [0.25, 0.3) is 0 Å². The number of halogens is 2. The summed E-state index contributed by atoms with van der Waals surface area (Å²) in [6.07, 6.45) is 1.66. The zero-order valence-corrected chi connectivity index (χ0v) is 14.8. The van der Waals surface area contributed by atoms with Crippen molar-refractivity contribution in [3.8, 4) is 0 Å². The number of nitrogens with one attached hydrogen (secondary N) is 1. The lowest BCUT2D eigenvalue weighted by Gasteiger charge is -2.34. The van der Waals surface area contributed by atoms with Crippen LogP contribution >= 0.6 is 23.2 Å². The summed E-state index contributed by atoms with van der Waals surface area (Å²) in [6.45, 7) is 3.88. The van der Waals surface area contributed by atoms with Crippen LogP contribution in [0.3, 0.4) is 0 Å². The Morgan fingerprint density at radius 1 is 1.12 bits per heavy atom. The second kappa shape index (κ2) is 7.38. The van der Waals surface area contributed by atoms with Gasteiger partial charge in [-0.05, 0) is 37.4 Å². The highest BCUT2D eigenvalue weighted by atomic mass is 35.5. The first-order chi connectivity index (χ1) is 11.5. The lowest BCUT2D eigenvalue weighted by molar-refractivity contribution is 0.102. The molecule has 0 atom stereocenters. The van der Waals surface area contributed by atoms with Crippen molar-refractivity contribution >= 4 is 40.5 Å². The highest BCUT2D eigenvalue weighted by Crippen LogP contribution is 2.26. The van der Waals surface area contributed by atoms with Crippen LogP contribution < -0.4 is 10.2 Å².